The molecule has 52 nitrogen and oxygen atoms in total. The van der Waals surface area contributed by atoms with Crippen LogP contribution in [0.15, 0.2) is 0 Å². The predicted octanol–water partition coefficient (Wildman–Crippen LogP) is 3.23. The van der Waals surface area contributed by atoms with Crippen LogP contribution in [-0.2, 0) is 164 Å². The van der Waals surface area contributed by atoms with Gasteiger partial charge in [-0.3, -0.25) is 41.1 Å². The van der Waals surface area contributed by atoms with Gasteiger partial charge in [0.1, 0.15) is 46.8 Å². The first-order valence-electron chi connectivity index (χ1n) is 42.6. The van der Waals surface area contributed by atoms with Crippen molar-refractivity contribution in [2.45, 2.75) is 308 Å². The van der Waals surface area contributed by atoms with Crippen molar-refractivity contribution in [3.8, 4) is 0 Å². The topological polar surface area (TPSA) is 776 Å². The van der Waals surface area contributed by atoms with E-state index in [2.05, 4.69) is 49.8 Å². The van der Waals surface area contributed by atoms with Gasteiger partial charge in [-0.2, -0.15) is 0 Å². The maximum Gasteiger partial charge on any atom is 0.268 e. The Morgan fingerprint density at radius 1 is 0.271 bits per heavy atom. The summed E-state index contributed by atoms with van der Waals surface area (Å²) < 4.78 is 247. The van der Waals surface area contributed by atoms with E-state index in [1.54, 1.807) is 0 Å². The summed E-state index contributed by atoms with van der Waals surface area (Å²) in [5, 5.41) is 32.7. The van der Waals surface area contributed by atoms with Gasteiger partial charge in [0.05, 0.1) is 168 Å². The van der Waals surface area contributed by atoms with Gasteiger partial charge in [0, 0.05) is 63.6 Å². The van der Waals surface area contributed by atoms with E-state index in [1.807, 2.05) is 96.9 Å². The fraction of sp³-hybridized carbons (Fsp3) is 1.00. The molecular weight excluding hydrogens is 2090 g/mol. The van der Waals surface area contributed by atoms with Crippen molar-refractivity contribution in [3.63, 3.8) is 0 Å². The summed E-state index contributed by atoms with van der Waals surface area (Å²) in [4.78, 5) is 137. The van der Waals surface area contributed by atoms with Crippen molar-refractivity contribution in [1.29, 1.82) is 0 Å². The summed E-state index contributed by atoms with van der Waals surface area (Å²) in [5.74, 6) is 0.0981. The van der Waals surface area contributed by atoms with Gasteiger partial charge >= 0.3 is 0 Å². The monoisotopic (exact) mass is 2240 g/mol. The van der Waals surface area contributed by atoms with Crippen LogP contribution < -0.4 is 58.7 Å². The van der Waals surface area contributed by atoms with Crippen LogP contribution in [0.1, 0.15) is 217 Å². The maximum atomic E-state index is 12.1. The largest absolute Gasteiger partial charge is 0.790 e. The SMILES string of the molecule is C.C.C.C.CO.[B]C1CC(OP(=O)([O-])OCCCO)C(C(C)C)O1.[B]C1CC(OP(=O)([O-])OCCCOP(=O)([O-])OCCCO)C(C(C)(C)C)O1.[B]C1CC(OP(=O)([O-])OCCCOP(=O)([O-])OCCCOP(=O)([O-])OCCCO)C(C(C)(C)C)O1.[B]C1CC(OP(=O)([O-])OCCCOP(=O)([O-])OCCCOP(=O)([O-])[O-])C(C(C)(C)C)O1.[B]C1CC(OP(=O)([O-])OCCCOP(C)(=O)[O-])C(C(C)(C)C)O1. The van der Waals surface area contributed by atoms with Crippen molar-refractivity contribution in [1.82, 2.24) is 0 Å². The molecule has 0 spiro atoms. The van der Waals surface area contributed by atoms with Gasteiger partial charge in [-0.1, -0.05) is 127 Å². The lowest BCUT2D eigenvalue weighted by Crippen LogP contribution is -2.37. The van der Waals surface area contributed by atoms with Crippen LogP contribution in [-0.4, -0.2) is 283 Å². The molecule has 0 aliphatic carbocycles. The fourth-order valence-corrected chi connectivity index (χ4v) is 20.6. The van der Waals surface area contributed by atoms with E-state index in [1.165, 1.54) is 0 Å². The van der Waals surface area contributed by atoms with Gasteiger partial charge in [0.15, 0.2) is 0 Å². The molecule has 25 unspecified atom stereocenters. The molecule has 140 heavy (non-hydrogen) atoms. The van der Waals surface area contributed by atoms with Gasteiger partial charge in [0.2, 0.25) is 0 Å². The highest BCUT2D eigenvalue weighted by atomic mass is 31.2. The number of aliphatic hydroxyl groups is 4. The van der Waals surface area contributed by atoms with Crippen LogP contribution in [0.5, 0.6) is 0 Å². The molecular formula is C72H148B5O52P11-12. The second-order valence-corrected chi connectivity index (χ2v) is 50.1. The van der Waals surface area contributed by atoms with Crippen molar-refractivity contribution in [2.75, 3.05) is 133 Å². The lowest BCUT2D eigenvalue weighted by atomic mass is 9.85. The summed E-state index contributed by atoms with van der Waals surface area (Å²) in [5.41, 5.74) is -1.56. The lowest BCUT2D eigenvalue weighted by molar-refractivity contribution is -0.342. The van der Waals surface area contributed by atoms with E-state index in [0.29, 0.717) is 6.42 Å². The molecule has 0 aromatic carbocycles. The molecule has 68 heteroatoms. The normalized spacial score (nSPS) is 27.0. The Morgan fingerprint density at radius 2 is 0.429 bits per heavy atom. The highest BCUT2D eigenvalue weighted by molar-refractivity contribution is 7.50. The van der Waals surface area contributed by atoms with Crippen molar-refractivity contribution in [2.24, 2.45) is 27.6 Å². The summed E-state index contributed by atoms with van der Waals surface area (Å²) in [6.45, 7) is 21.6. The molecule has 5 aliphatic heterocycles. The second-order valence-electron chi connectivity index (χ2n) is 34.7. The summed E-state index contributed by atoms with van der Waals surface area (Å²) in [6.07, 6.45) is -4.99. The molecule has 830 valence electrons. The van der Waals surface area contributed by atoms with E-state index >= 15 is 0 Å². The molecule has 5 saturated heterocycles. The third-order valence-electron chi connectivity index (χ3n) is 17.5. The average Bonchev–Trinajstić information content (AvgIpc) is 1.43. The molecule has 25 atom stereocenters. The van der Waals surface area contributed by atoms with Crippen molar-refractivity contribution in [3.05, 3.63) is 0 Å². The highest BCUT2D eigenvalue weighted by Gasteiger charge is 2.47. The van der Waals surface area contributed by atoms with E-state index in [9.17, 15) is 109 Å². The Balaban J connectivity index is -0.000000544. The Kier molecular flexibility index (Phi) is 75.4. The van der Waals surface area contributed by atoms with Gasteiger partial charge in [-0.15, -0.1) is 0 Å². The van der Waals surface area contributed by atoms with Gasteiger partial charge < -0.3 is 202 Å². The quantitative estimate of drug-likeness (QED) is 0.0386. The fourth-order valence-electron chi connectivity index (χ4n) is 12.0. The molecule has 4 N–H and O–H groups in total. The molecule has 0 aromatic heterocycles. The van der Waals surface area contributed by atoms with Crippen LogP contribution in [0.2, 0.25) is 0 Å². The first-order valence-corrected chi connectivity index (χ1v) is 59.2. The number of rotatable bonds is 59. The Morgan fingerprint density at radius 3 is 0.600 bits per heavy atom. The number of phosphoric acid groups is 10. The second kappa shape index (κ2) is 70.6. The van der Waals surface area contributed by atoms with E-state index in [4.69, 9.17) is 124 Å². The molecule has 5 fully saturated rings. The predicted molar refractivity (Wildman–Crippen MR) is 489 cm³/mol. The van der Waals surface area contributed by atoms with Crippen LogP contribution in [0.25, 0.3) is 0 Å². The smallest absolute Gasteiger partial charge is 0.268 e. The van der Waals surface area contributed by atoms with Crippen LogP contribution in [0.4, 0.5) is 0 Å². The summed E-state index contributed by atoms with van der Waals surface area (Å²) in [7, 11) is -20.8. The Labute approximate surface area is 832 Å². The number of aliphatic hydroxyl groups excluding tert-OH is 4. The first kappa shape index (κ1) is 150. The third-order valence-corrected chi connectivity index (χ3v) is 27.8. The molecule has 5 heterocycles. The lowest BCUT2D eigenvalue weighted by Gasteiger charge is -2.34. The number of phosphoric ester groups is 10. The number of hydrogen-bond acceptors (Lipinski definition) is 52. The number of ether oxygens (including phenoxy) is 5. The first-order chi connectivity index (χ1) is 62.1. The van der Waals surface area contributed by atoms with Gasteiger partial charge in [0.25, 0.3) is 70.4 Å². The van der Waals surface area contributed by atoms with Crippen molar-refractivity contribution >= 4 is 125 Å². The summed E-state index contributed by atoms with van der Waals surface area (Å²) in [6, 6.07) is -3.05. The van der Waals surface area contributed by atoms with Gasteiger partial charge in [-0.25, -0.2) is 0 Å². The minimum atomic E-state index is -5.13. The van der Waals surface area contributed by atoms with Crippen LogP contribution >= 0.6 is 85.8 Å². The third kappa shape index (κ3) is 72.0. The highest BCUT2D eigenvalue weighted by Crippen LogP contribution is 2.53. The van der Waals surface area contributed by atoms with E-state index < -0.39 is 228 Å². The molecule has 0 aromatic rings. The number of hydrogen-bond donors (Lipinski definition) is 4. The summed E-state index contributed by atoms with van der Waals surface area (Å²) >= 11 is 0. The standard InChI is InChI=1S/C17H36BO14P3.C14H30BO13P3.C14H29BO10P2.C12H25BO8P2.C10H20BO6P.CH4O.4CH4/c1-17(2,3)16-14(13-15(18)31-16)32-35(24,25)30-12-6-11-29-34(22,23)28-10-5-9-27-33(20,21)26-8-4-7-19;1-14(2,3)13-11(10-12(15)27-13)28-31(21,22)26-9-5-8-25-30(19,20)24-7-4-6-23-29(16,17)18;1-14(2,3)13-11(10-12(15)24-13)25-27(19,20)23-9-5-8-22-26(17,18)21-7-4-6-16;1-12(2,3)11-9(8-10(13)20-11)21-23(16,17)19-7-5-6-18-22(4,14)15;1-7(2)10-8(6-9(11)16-10)17-18(13,14)15-5-3-4-12;1-2;;;;/h14-16,19H,4-13H2,1-3H3,(H,20,21)(H,22,23)(H,24,25);11-13H,4-10H2,1-3H3,(H,19,20)(H,21,22)(H2,16,17,18);11-13,16H,4-10H2,1-3H3,(H,17,18)(H,19,20);9-11H,5-8H2,1-4H3,(H,14,15)(H,16,17);7-10,12H,3-6H2,1-2H3,(H,13,14);2H,1H3;4*1H4/p-12. The van der Waals surface area contributed by atoms with E-state index in [-0.39, 0.29) is 209 Å². The van der Waals surface area contributed by atoms with Crippen LogP contribution in [0.3, 0.4) is 0 Å². The Bertz CT molecular complexity index is 3870. The maximum absolute atomic E-state index is 12.1. The zero-order valence-electron chi connectivity index (χ0n) is 79.1. The Hall–Kier alpha value is 1.21. The van der Waals surface area contributed by atoms with Crippen LogP contribution in [0, 0.1) is 27.6 Å². The molecule has 5 aliphatic rings. The minimum absolute atomic E-state index is 0. The zero-order valence-corrected chi connectivity index (χ0v) is 88.9. The molecule has 0 bridgehead atoms. The average molecular weight is 2240 g/mol. The minimum Gasteiger partial charge on any atom is -0.790 e. The molecule has 0 amide bonds. The molecule has 5 rings (SSSR count). The zero-order chi connectivity index (χ0) is 105. The molecule has 10 radical (unpaired) electrons. The van der Waals surface area contributed by atoms with E-state index in [0.717, 1.165) is 13.8 Å². The van der Waals surface area contributed by atoms with Gasteiger partial charge in [-0.05, 0) is 117 Å². The van der Waals surface area contributed by atoms with Crippen molar-refractivity contribution < 1.29 is 244 Å². The molecule has 0 saturated carbocycles.